The molecule has 7 heteroatoms. The highest BCUT2D eigenvalue weighted by atomic mass is 16.2. The Labute approximate surface area is 140 Å². The number of amides is 1. The summed E-state index contributed by atoms with van der Waals surface area (Å²) in [7, 11) is 0. The van der Waals surface area contributed by atoms with Gasteiger partial charge in [-0.05, 0) is 12.5 Å². The quantitative estimate of drug-likeness (QED) is 0.661. The fourth-order valence-corrected chi connectivity index (χ4v) is 2.68. The monoisotopic (exact) mass is 322 g/mol. The molecule has 1 amide bonds. The van der Waals surface area contributed by atoms with E-state index in [1.54, 1.807) is 4.90 Å². The molecule has 1 aromatic heterocycles. The fourth-order valence-electron chi connectivity index (χ4n) is 2.68. The molecule has 1 atom stereocenters. The van der Waals surface area contributed by atoms with Crippen LogP contribution in [0.2, 0.25) is 0 Å². The van der Waals surface area contributed by atoms with E-state index >= 15 is 0 Å². The molecule has 1 aromatic carbocycles. The van der Waals surface area contributed by atoms with Crippen LogP contribution in [0.5, 0.6) is 0 Å². The summed E-state index contributed by atoms with van der Waals surface area (Å²) in [6.07, 6.45) is 4.47. The zero-order valence-corrected chi connectivity index (χ0v) is 13.3. The maximum atomic E-state index is 12.6. The maximum Gasteiger partial charge on any atom is 0.289 e. The molecule has 0 spiro atoms. The number of nitrogens with one attached hydrogen (secondary N) is 2. The van der Waals surface area contributed by atoms with Crippen molar-refractivity contribution in [2.24, 2.45) is 0 Å². The topological polar surface area (TPSA) is 97.0 Å². The van der Waals surface area contributed by atoms with Crippen LogP contribution in [0.1, 0.15) is 18.2 Å². The van der Waals surface area contributed by atoms with Crippen LogP contribution in [-0.4, -0.2) is 49.9 Å². The van der Waals surface area contributed by atoms with Gasteiger partial charge >= 0.3 is 0 Å². The van der Waals surface area contributed by atoms with Crippen molar-refractivity contribution in [1.29, 1.82) is 10.8 Å². The average molecular weight is 322 g/mol. The van der Waals surface area contributed by atoms with E-state index in [0.29, 0.717) is 18.8 Å². The van der Waals surface area contributed by atoms with E-state index in [2.05, 4.69) is 9.97 Å². The summed E-state index contributed by atoms with van der Waals surface area (Å²) in [4.78, 5) is 23.7. The van der Waals surface area contributed by atoms with Gasteiger partial charge in [0.1, 0.15) is 5.69 Å². The molecule has 24 heavy (non-hydrogen) atoms. The Morgan fingerprint density at radius 2 is 2.04 bits per heavy atom. The van der Waals surface area contributed by atoms with Gasteiger partial charge in [-0.1, -0.05) is 30.3 Å². The number of nitrogens with zero attached hydrogens (tertiary/aromatic N) is 4. The van der Waals surface area contributed by atoms with Crippen molar-refractivity contribution in [3.05, 3.63) is 60.2 Å². The van der Waals surface area contributed by atoms with Crippen molar-refractivity contribution in [2.45, 2.75) is 19.5 Å². The van der Waals surface area contributed by atoms with Crippen LogP contribution in [0.25, 0.3) is 0 Å². The van der Waals surface area contributed by atoms with Crippen LogP contribution in [0, 0.1) is 10.8 Å². The molecule has 2 N–H and O–H groups in total. The predicted octanol–water partition coefficient (Wildman–Crippen LogP) is 1.51. The lowest BCUT2D eigenvalue weighted by Gasteiger charge is -2.40. The summed E-state index contributed by atoms with van der Waals surface area (Å²) >= 11 is 0. The minimum absolute atomic E-state index is 0.0210. The van der Waals surface area contributed by atoms with Crippen molar-refractivity contribution in [3.63, 3.8) is 0 Å². The summed E-state index contributed by atoms with van der Waals surface area (Å²) in [5.41, 5.74) is 1.36. The highest BCUT2D eigenvalue weighted by Crippen LogP contribution is 2.17. The molecule has 122 valence electrons. The predicted molar refractivity (Wildman–Crippen MR) is 89.7 cm³/mol. The third-order valence-electron chi connectivity index (χ3n) is 3.98. The van der Waals surface area contributed by atoms with Gasteiger partial charge < -0.3 is 9.80 Å². The summed E-state index contributed by atoms with van der Waals surface area (Å²) in [6, 6.07) is 9.57. The second-order valence-corrected chi connectivity index (χ2v) is 5.67. The van der Waals surface area contributed by atoms with E-state index in [4.69, 9.17) is 10.8 Å². The maximum absolute atomic E-state index is 12.6. The molecule has 1 fully saturated rings. The molecule has 0 bridgehead atoms. The number of benzene rings is 1. The number of hydrogen-bond acceptors (Lipinski definition) is 5. The molecule has 3 rings (SSSR count). The van der Waals surface area contributed by atoms with Crippen LogP contribution in [0.15, 0.2) is 48.9 Å². The molecule has 1 saturated heterocycles. The summed E-state index contributed by atoms with van der Waals surface area (Å²) in [6.45, 7) is 2.76. The molecule has 2 heterocycles. The molecule has 0 aliphatic carbocycles. The van der Waals surface area contributed by atoms with E-state index in [1.165, 1.54) is 23.5 Å². The van der Waals surface area contributed by atoms with Gasteiger partial charge in [-0.25, -0.2) is 4.98 Å². The van der Waals surface area contributed by atoms with Gasteiger partial charge in [0.15, 0.2) is 11.7 Å². The molecule has 1 aliphatic rings. The average Bonchev–Trinajstić information content (AvgIpc) is 2.63. The number of carbonyl (C=O) groups is 1. The van der Waals surface area contributed by atoms with Crippen LogP contribution in [0.4, 0.5) is 0 Å². The molecule has 2 aromatic rings. The number of hydrogen-bond donors (Lipinski definition) is 2. The SMILES string of the molecule is CC1CN(C(=N)c2cnccn2)C(=N)C(=O)N1Cc1ccccc1. The molecule has 1 unspecified atom stereocenters. The highest BCUT2D eigenvalue weighted by Gasteiger charge is 2.36. The summed E-state index contributed by atoms with van der Waals surface area (Å²) in [5.74, 6) is -0.571. The molecule has 0 saturated carbocycles. The van der Waals surface area contributed by atoms with Crippen molar-refractivity contribution in [1.82, 2.24) is 19.8 Å². The van der Waals surface area contributed by atoms with Gasteiger partial charge in [0.25, 0.3) is 5.91 Å². The Morgan fingerprint density at radius 3 is 2.71 bits per heavy atom. The van der Waals surface area contributed by atoms with Crippen LogP contribution in [0.3, 0.4) is 0 Å². The Morgan fingerprint density at radius 1 is 1.29 bits per heavy atom. The van der Waals surface area contributed by atoms with Crippen molar-refractivity contribution in [2.75, 3.05) is 6.54 Å². The zero-order chi connectivity index (χ0) is 17.1. The first kappa shape index (κ1) is 15.8. The van der Waals surface area contributed by atoms with Crippen molar-refractivity contribution < 1.29 is 4.79 Å². The van der Waals surface area contributed by atoms with Crippen LogP contribution >= 0.6 is 0 Å². The molecule has 1 aliphatic heterocycles. The first-order valence-corrected chi connectivity index (χ1v) is 7.64. The van der Waals surface area contributed by atoms with Gasteiger partial charge in [-0.3, -0.25) is 20.6 Å². The van der Waals surface area contributed by atoms with E-state index in [1.807, 2.05) is 37.3 Å². The molecular weight excluding hydrogens is 304 g/mol. The van der Waals surface area contributed by atoms with Crippen molar-refractivity contribution >= 4 is 17.6 Å². The zero-order valence-electron chi connectivity index (χ0n) is 13.3. The third-order valence-corrected chi connectivity index (χ3v) is 3.98. The fraction of sp³-hybridized carbons (Fsp3) is 0.235. The lowest BCUT2D eigenvalue weighted by atomic mass is 10.1. The standard InChI is InChI=1S/C17H18N6O/c1-12-10-23(15(18)14-9-20-7-8-21-14)16(19)17(24)22(12)11-13-5-3-2-4-6-13/h2-9,12,18-19H,10-11H2,1H3. The number of amidine groups is 2. The van der Waals surface area contributed by atoms with Gasteiger partial charge in [0.2, 0.25) is 0 Å². The Bertz CT molecular complexity index is 761. The van der Waals surface area contributed by atoms with E-state index in [-0.39, 0.29) is 23.6 Å². The Balaban J connectivity index is 1.78. The molecule has 0 radical (unpaired) electrons. The minimum Gasteiger partial charge on any atom is -0.327 e. The first-order chi connectivity index (χ1) is 11.6. The largest absolute Gasteiger partial charge is 0.327 e. The smallest absolute Gasteiger partial charge is 0.289 e. The van der Waals surface area contributed by atoms with Crippen LogP contribution in [-0.2, 0) is 11.3 Å². The second-order valence-electron chi connectivity index (χ2n) is 5.67. The van der Waals surface area contributed by atoms with Gasteiger partial charge in [-0.15, -0.1) is 0 Å². The Hall–Kier alpha value is -3.09. The highest BCUT2D eigenvalue weighted by molar-refractivity contribution is 6.40. The van der Waals surface area contributed by atoms with Crippen LogP contribution < -0.4 is 0 Å². The third kappa shape index (κ3) is 3.01. The number of aromatic nitrogens is 2. The first-order valence-electron chi connectivity index (χ1n) is 7.64. The van der Waals surface area contributed by atoms with Gasteiger partial charge in [-0.2, -0.15) is 0 Å². The molecule has 7 nitrogen and oxygen atoms in total. The van der Waals surface area contributed by atoms with Crippen molar-refractivity contribution in [3.8, 4) is 0 Å². The number of rotatable bonds is 3. The lowest BCUT2D eigenvalue weighted by molar-refractivity contribution is -0.129. The summed E-state index contributed by atoms with van der Waals surface area (Å²) < 4.78 is 0. The van der Waals surface area contributed by atoms with Gasteiger partial charge in [0.05, 0.1) is 6.20 Å². The number of carbonyl (C=O) groups excluding carboxylic acids is 1. The lowest BCUT2D eigenvalue weighted by Crippen LogP contribution is -2.59. The minimum atomic E-state index is -0.383. The summed E-state index contributed by atoms with van der Waals surface area (Å²) in [5, 5.41) is 16.4. The second kappa shape index (κ2) is 6.57. The number of piperazine rings is 1. The Kier molecular flexibility index (Phi) is 4.33. The van der Waals surface area contributed by atoms with E-state index in [0.717, 1.165) is 5.56 Å². The van der Waals surface area contributed by atoms with E-state index < -0.39 is 0 Å². The normalized spacial score (nSPS) is 18.0. The van der Waals surface area contributed by atoms with E-state index in [9.17, 15) is 4.79 Å². The molecular formula is C17H18N6O. The van der Waals surface area contributed by atoms with Gasteiger partial charge in [0, 0.05) is 31.5 Å².